The molecule has 1 aromatic rings. The zero-order chi connectivity index (χ0) is 12.6. The van der Waals surface area contributed by atoms with E-state index in [2.05, 4.69) is 44.9 Å². The molecular weight excluding hydrogens is 271 g/mol. The molecule has 1 rings (SSSR count). The second-order valence-electron chi connectivity index (χ2n) is 5.89. The highest BCUT2D eigenvalue weighted by Gasteiger charge is 2.43. The first kappa shape index (κ1) is 14.3. The number of hydrogen-bond acceptors (Lipinski definition) is 0. The minimum Gasteiger partial charge on any atom is -0.122 e. The summed E-state index contributed by atoms with van der Waals surface area (Å²) in [6.45, 7) is 12.1. The van der Waals surface area contributed by atoms with Crippen LogP contribution < -0.4 is 0 Å². The van der Waals surface area contributed by atoms with Crippen LogP contribution in [0.1, 0.15) is 10.6 Å². The first-order valence-corrected chi connectivity index (χ1v) is 13.9. The molecule has 0 amide bonds. The normalized spacial score (nSPS) is 14.9. The van der Waals surface area contributed by atoms with Crippen molar-refractivity contribution in [3.63, 3.8) is 0 Å². The Morgan fingerprint density at radius 1 is 0.938 bits per heavy atom. The van der Waals surface area contributed by atoms with Gasteiger partial charge in [-0.25, -0.2) is 0 Å². The molecule has 1 unspecified atom stereocenters. The fraction of sp³-hybridized carbons (Fsp3) is 0.500. The fourth-order valence-electron chi connectivity index (χ4n) is 1.43. The van der Waals surface area contributed by atoms with E-state index in [1.807, 2.05) is 12.1 Å². The van der Waals surface area contributed by atoms with Crippen molar-refractivity contribution in [1.29, 1.82) is 0 Å². The van der Waals surface area contributed by atoms with Crippen LogP contribution in [0.2, 0.25) is 37.8 Å². The molecule has 0 aromatic heterocycles. The molecule has 0 fully saturated rings. The van der Waals surface area contributed by atoms with Crippen molar-refractivity contribution in [3.8, 4) is 0 Å². The van der Waals surface area contributed by atoms with Crippen molar-refractivity contribution in [2.45, 2.75) is 37.7 Å². The van der Waals surface area contributed by atoms with Crippen LogP contribution in [0.4, 0.5) is 0 Å². The molecule has 0 nitrogen and oxygen atoms in total. The smallest absolute Gasteiger partial charge is 0.0671 e. The molecule has 0 heterocycles. The van der Waals surface area contributed by atoms with Gasteiger partial charge in [0.2, 0.25) is 0 Å². The van der Waals surface area contributed by atoms with E-state index >= 15 is 0 Å². The molecule has 16 heavy (non-hydrogen) atoms. The minimum absolute atomic E-state index is 0.191. The second kappa shape index (κ2) is 4.85. The lowest BCUT2D eigenvalue weighted by Gasteiger charge is -2.39. The maximum atomic E-state index is 6.69. The summed E-state index contributed by atoms with van der Waals surface area (Å²) in [5.41, 5.74) is 1.23. The van der Waals surface area contributed by atoms with Crippen LogP contribution in [0.15, 0.2) is 24.3 Å². The molecule has 0 N–H and O–H groups in total. The predicted octanol–water partition coefficient (Wildman–Crippen LogP) is 5.28. The first-order chi connectivity index (χ1) is 7.16. The van der Waals surface area contributed by atoms with Gasteiger partial charge in [0.1, 0.15) is 0 Å². The summed E-state index contributed by atoms with van der Waals surface area (Å²) in [7, 11) is -2.58. The van der Waals surface area contributed by atoms with Crippen LogP contribution in [-0.4, -0.2) is 15.2 Å². The molecule has 0 saturated carbocycles. The number of hydrogen-bond donors (Lipinski definition) is 0. The molecule has 0 aliphatic heterocycles. The molecule has 0 bridgehead atoms. The van der Waals surface area contributed by atoms with Crippen molar-refractivity contribution in [2.24, 2.45) is 0 Å². The van der Waals surface area contributed by atoms with Gasteiger partial charge in [-0.2, -0.15) is 0 Å². The number of benzene rings is 1. The highest BCUT2D eigenvalue weighted by atomic mass is 35.5. The van der Waals surface area contributed by atoms with E-state index in [9.17, 15) is 0 Å². The minimum atomic E-state index is -1.41. The topological polar surface area (TPSA) is 0 Å². The van der Waals surface area contributed by atoms with Crippen LogP contribution in [0.5, 0.6) is 0 Å². The van der Waals surface area contributed by atoms with Crippen LogP contribution >= 0.6 is 23.2 Å². The number of alkyl halides is 1. The highest BCUT2D eigenvalue weighted by molar-refractivity contribution is 7.41. The zero-order valence-electron chi connectivity index (χ0n) is 10.6. The Morgan fingerprint density at radius 3 is 1.75 bits per heavy atom. The monoisotopic (exact) mass is 290 g/mol. The van der Waals surface area contributed by atoms with Gasteiger partial charge in [-0.05, 0) is 17.7 Å². The average Bonchev–Trinajstić information content (AvgIpc) is 2.16. The quantitative estimate of drug-likeness (QED) is 0.525. The third-order valence-electron chi connectivity index (χ3n) is 3.73. The van der Waals surface area contributed by atoms with Gasteiger partial charge in [-0.15, -0.1) is 11.6 Å². The van der Waals surface area contributed by atoms with Crippen molar-refractivity contribution >= 4 is 38.4 Å². The maximum Gasteiger partial charge on any atom is 0.0671 e. The van der Waals surface area contributed by atoms with Crippen molar-refractivity contribution in [2.75, 3.05) is 0 Å². The molecule has 0 saturated heterocycles. The third kappa shape index (κ3) is 2.92. The Kier molecular flexibility index (Phi) is 4.33. The standard InChI is InChI=1S/C12H20Cl2Si2/c1-15(2,3)16(4,5)12(14)10-6-8-11(13)9-7-10/h6-9,12H,1-5H3. The predicted molar refractivity (Wildman–Crippen MR) is 80.9 cm³/mol. The maximum absolute atomic E-state index is 6.69. The lowest BCUT2D eigenvalue weighted by Crippen LogP contribution is -2.55. The molecule has 1 aromatic carbocycles. The summed E-state index contributed by atoms with van der Waals surface area (Å²) < 4.78 is 0. The van der Waals surface area contributed by atoms with Gasteiger partial charge in [-0.1, -0.05) is 56.5 Å². The summed E-state index contributed by atoms with van der Waals surface area (Å²) in [5, 5.41) is 0.969. The highest BCUT2D eigenvalue weighted by Crippen LogP contribution is 2.37. The summed E-state index contributed by atoms with van der Waals surface area (Å²) in [6, 6.07) is 7.99. The second-order valence-corrected chi connectivity index (χ2v) is 24.0. The Hall–Kier alpha value is 0.234. The van der Waals surface area contributed by atoms with E-state index in [0.29, 0.717) is 0 Å². The molecule has 0 aliphatic rings. The van der Waals surface area contributed by atoms with Crippen molar-refractivity contribution in [1.82, 2.24) is 0 Å². The van der Waals surface area contributed by atoms with E-state index < -0.39 is 15.2 Å². The molecule has 4 heteroatoms. The lowest BCUT2D eigenvalue weighted by molar-refractivity contribution is 1.28. The van der Waals surface area contributed by atoms with Crippen LogP contribution in [0.25, 0.3) is 0 Å². The van der Waals surface area contributed by atoms with Gasteiger partial charge in [-0.3, -0.25) is 0 Å². The molecule has 0 aliphatic carbocycles. The number of rotatable bonds is 3. The molecule has 90 valence electrons. The Balaban J connectivity index is 3.02. The van der Waals surface area contributed by atoms with E-state index in [0.717, 1.165) is 5.02 Å². The summed E-state index contributed by atoms with van der Waals surface area (Å²) >= 11 is 12.6. The van der Waals surface area contributed by atoms with E-state index in [4.69, 9.17) is 23.2 Å². The number of halogens is 2. The molecule has 0 spiro atoms. The third-order valence-corrected chi connectivity index (χ3v) is 24.3. The fourth-order valence-corrected chi connectivity index (χ4v) is 9.21. The zero-order valence-corrected chi connectivity index (χ0v) is 14.2. The first-order valence-electron chi connectivity index (χ1n) is 5.56. The van der Waals surface area contributed by atoms with Crippen LogP contribution in [0, 0.1) is 0 Å². The Bertz CT molecular complexity index is 352. The van der Waals surface area contributed by atoms with E-state index in [1.165, 1.54) is 5.56 Å². The molecule has 1 atom stereocenters. The van der Waals surface area contributed by atoms with Gasteiger partial charge in [0.15, 0.2) is 0 Å². The van der Waals surface area contributed by atoms with Gasteiger partial charge >= 0.3 is 0 Å². The average molecular weight is 291 g/mol. The Labute approximate surface area is 111 Å². The van der Waals surface area contributed by atoms with Gasteiger partial charge in [0.25, 0.3) is 0 Å². The largest absolute Gasteiger partial charge is 0.122 e. The molecular formula is C12H20Cl2Si2. The van der Waals surface area contributed by atoms with Gasteiger partial charge in [0, 0.05) is 17.6 Å². The van der Waals surface area contributed by atoms with Gasteiger partial charge < -0.3 is 0 Å². The Morgan fingerprint density at radius 2 is 1.38 bits per heavy atom. The van der Waals surface area contributed by atoms with Crippen LogP contribution in [-0.2, 0) is 0 Å². The summed E-state index contributed by atoms with van der Waals surface area (Å²) in [6.07, 6.45) is 0. The SMILES string of the molecule is C[Si](C)(C)[Si](C)(C)C(Cl)c1ccc(Cl)cc1. The van der Waals surface area contributed by atoms with E-state index in [1.54, 1.807) is 0 Å². The molecule has 0 radical (unpaired) electrons. The summed E-state index contributed by atoms with van der Waals surface area (Å²) in [4.78, 5) is 0. The van der Waals surface area contributed by atoms with Crippen molar-refractivity contribution < 1.29 is 0 Å². The van der Waals surface area contributed by atoms with Crippen molar-refractivity contribution in [3.05, 3.63) is 34.9 Å². The van der Waals surface area contributed by atoms with Crippen LogP contribution in [0.3, 0.4) is 0 Å². The van der Waals surface area contributed by atoms with E-state index in [-0.39, 0.29) is 5.00 Å². The summed E-state index contributed by atoms with van der Waals surface area (Å²) in [5.74, 6) is 0. The van der Waals surface area contributed by atoms with Gasteiger partial charge in [0.05, 0.1) is 7.59 Å². The lowest BCUT2D eigenvalue weighted by atomic mass is 10.2.